The number of hydrogen-bond donors (Lipinski definition) is 0. The third kappa shape index (κ3) is 1.07. The van der Waals surface area contributed by atoms with Crippen molar-refractivity contribution < 1.29 is 0 Å². The molecule has 0 unspecified atom stereocenters. The molecule has 1 aromatic heterocycles. The van der Waals surface area contributed by atoms with Crippen LogP contribution in [0.4, 0.5) is 0 Å². The van der Waals surface area contributed by atoms with E-state index < -0.39 is 0 Å². The molecule has 44 valence electrons. The highest BCUT2D eigenvalue weighted by Gasteiger charge is 1.97. The van der Waals surface area contributed by atoms with Crippen molar-refractivity contribution in [2.24, 2.45) is 0 Å². The van der Waals surface area contributed by atoms with Crippen LogP contribution in [0.5, 0.6) is 0 Å². The van der Waals surface area contributed by atoms with E-state index in [4.69, 9.17) is 0 Å². The first kappa shape index (κ1) is 5.76. The number of hydrogen-bond acceptors (Lipinski definition) is 2. The highest BCUT2D eigenvalue weighted by molar-refractivity contribution is 7.09. The third-order valence-electron chi connectivity index (χ3n) is 0.945. The van der Waals surface area contributed by atoms with Crippen LogP contribution in [0, 0.1) is 0 Å². The van der Waals surface area contributed by atoms with E-state index in [0.717, 1.165) is 0 Å². The Kier molecular flexibility index (Phi) is 1.63. The fourth-order valence-electron chi connectivity index (χ4n) is 0.520. The SMILES string of the molecule is CC(C)c1nccs1. The minimum absolute atomic E-state index is 0.593. The Hall–Kier alpha value is -0.370. The molecule has 0 atom stereocenters. The zero-order chi connectivity index (χ0) is 5.98. The molecule has 2 heteroatoms. The molecule has 1 aromatic rings. The van der Waals surface area contributed by atoms with Crippen LogP contribution in [-0.2, 0) is 0 Å². The molecule has 0 fully saturated rings. The van der Waals surface area contributed by atoms with Crippen molar-refractivity contribution in [3.63, 3.8) is 0 Å². The standard InChI is InChI=1S/C6H9NS/c1-5(2)6-7-3-4-8-6/h3-5H,1-2H3. The largest absolute Gasteiger partial charge is 0.249 e. The average molecular weight is 127 g/mol. The number of rotatable bonds is 1. The molecule has 0 saturated carbocycles. The van der Waals surface area contributed by atoms with Crippen molar-refractivity contribution in [3.8, 4) is 0 Å². The van der Waals surface area contributed by atoms with Gasteiger partial charge >= 0.3 is 0 Å². The Bertz CT molecular complexity index is 144. The predicted molar refractivity (Wildman–Crippen MR) is 36.2 cm³/mol. The fourth-order valence-corrected chi connectivity index (χ4v) is 1.17. The maximum absolute atomic E-state index is 4.13. The minimum atomic E-state index is 0.593. The summed E-state index contributed by atoms with van der Waals surface area (Å²) in [4.78, 5) is 4.13. The summed E-state index contributed by atoms with van der Waals surface area (Å²) >= 11 is 1.72. The lowest BCUT2D eigenvalue weighted by Crippen LogP contribution is -1.81. The van der Waals surface area contributed by atoms with E-state index >= 15 is 0 Å². The van der Waals surface area contributed by atoms with Crippen molar-refractivity contribution in [3.05, 3.63) is 16.6 Å². The van der Waals surface area contributed by atoms with Crippen LogP contribution < -0.4 is 0 Å². The summed E-state index contributed by atoms with van der Waals surface area (Å²) in [6.07, 6.45) is 1.85. The van der Waals surface area contributed by atoms with Gasteiger partial charge in [-0.25, -0.2) is 4.98 Å². The molecular formula is C6H9NS. The summed E-state index contributed by atoms with van der Waals surface area (Å²) in [5.41, 5.74) is 0. The van der Waals surface area contributed by atoms with Gasteiger partial charge in [-0.15, -0.1) is 11.3 Å². The lowest BCUT2D eigenvalue weighted by Gasteiger charge is -1.93. The van der Waals surface area contributed by atoms with Crippen LogP contribution in [0.15, 0.2) is 11.6 Å². The molecule has 0 aliphatic rings. The zero-order valence-electron chi connectivity index (χ0n) is 5.09. The molecule has 0 spiro atoms. The number of thiazole rings is 1. The second-order valence-electron chi connectivity index (χ2n) is 2.03. The molecule has 0 aromatic carbocycles. The Labute approximate surface area is 53.4 Å². The van der Waals surface area contributed by atoms with Gasteiger partial charge in [-0.05, 0) is 0 Å². The Morgan fingerprint density at radius 2 is 2.38 bits per heavy atom. The molecule has 0 N–H and O–H groups in total. The van der Waals surface area contributed by atoms with Gasteiger partial charge in [0.15, 0.2) is 0 Å². The maximum Gasteiger partial charge on any atom is 0.0950 e. The lowest BCUT2D eigenvalue weighted by molar-refractivity contribution is 0.852. The van der Waals surface area contributed by atoms with Gasteiger partial charge in [0, 0.05) is 17.5 Å². The molecule has 0 amide bonds. The maximum atomic E-state index is 4.13. The summed E-state index contributed by atoms with van der Waals surface area (Å²) in [5.74, 6) is 0.593. The number of nitrogens with zero attached hydrogens (tertiary/aromatic N) is 1. The van der Waals surface area contributed by atoms with E-state index in [1.807, 2.05) is 11.6 Å². The Morgan fingerprint density at radius 3 is 2.62 bits per heavy atom. The highest BCUT2D eigenvalue weighted by atomic mass is 32.1. The van der Waals surface area contributed by atoms with Gasteiger partial charge in [-0.1, -0.05) is 13.8 Å². The molecule has 0 radical (unpaired) electrons. The summed E-state index contributed by atoms with van der Waals surface area (Å²) in [5, 5.41) is 3.24. The first-order valence-electron chi connectivity index (χ1n) is 2.70. The van der Waals surface area contributed by atoms with Crippen molar-refractivity contribution in [1.82, 2.24) is 4.98 Å². The molecule has 1 heterocycles. The van der Waals surface area contributed by atoms with Crippen LogP contribution in [0.3, 0.4) is 0 Å². The molecule has 1 rings (SSSR count). The second kappa shape index (κ2) is 2.27. The van der Waals surface area contributed by atoms with Crippen molar-refractivity contribution in [2.75, 3.05) is 0 Å². The lowest BCUT2D eigenvalue weighted by atomic mass is 10.2. The Morgan fingerprint density at radius 1 is 1.62 bits per heavy atom. The van der Waals surface area contributed by atoms with Gasteiger partial charge in [0.05, 0.1) is 5.01 Å². The van der Waals surface area contributed by atoms with Gasteiger partial charge in [0.2, 0.25) is 0 Å². The minimum Gasteiger partial charge on any atom is -0.249 e. The van der Waals surface area contributed by atoms with Gasteiger partial charge < -0.3 is 0 Å². The topological polar surface area (TPSA) is 12.9 Å². The smallest absolute Gasteiger partial charge is 0.0950 e. The van der Waals surface area contributed by atoms with Gasteiger partial charge in [-0.3, -0.25) is 0 Å². The average Bonchev–Trinajstić information content (AvgIpc) is 2.12. The summed E-state index contributed by atoms with van der Waals surface area (Å²) in [7, 11) is 0. The van der Waals surface area contributed by atoms with E-state index in [1.54, 1.807) is 11.3 Å². The van der Waals surface area contributed by atoms with Crippen molar-refractivity contribution in [2.45, 2.75) is 19.8 Å². The van der Waals surface area contributed by atoms with E-state index in [-0.39, 0.29) is 0 Å². The first-order chi connectivity index (χ1) is 3.80. The van der Waals surface area contributed by atoms with E-state index in [1.165, 1.54) is 5.01 Å². The van der Waals surface area contributed by atoms with Gasteiger partial charge in [0.1, 0.15) is 0 Å². The summed E-state index contributed by atoms with van der Waals surface area (Å²) < 4.78 is 0. The normalized spacial score (nSPS) is 10.4. The number of aromatic nitrogens is 1. The highest BCUT2D eigenvalue weighted by Crippen LogP contribution is 2.15. The second-order valence-corrected chi connectivity index (χ2v) is 2.95. The predicted octanol–water partition coefficient (Wildman–Crippen LogP) is 2.27. The van der Waals surface area contributed by atoms with E-state index in [0.29, 0.717) is 5.92 Å². The fraction of sp³-hybridized carbons (Fsp3) is 0.500. The zero-order valence-corrected chi connectivity index (χ0v) is 5.90. The molecule has 8 heavy (non-hydrogen) atoms. The summed E-state index contributed by atoms with van der Waals surface area (Å²) in [6.45, 7) is 4.30. The van der Waals surface area contributed by atoms with Crippen LogP contribution in [0.25, 0.3) is 0 Å². The van der Waals surface area contributed by atoms with Crippen LogP contribution in [0.1, 0.15) is 24.8 Å². The molecule has 0 aliphatic carbocycles. The molecule has 0 bridgehead atoms. The van der Waals surface area contributed by atoms with Crippen molar-refractivity contribution >= 4 is 11.3 Å². The molecule has 0 aliphatic heterocycles. The van der Waals surface area contributed by atoms with E-state index in [2.05, 4.69) is 18.8 Å². The van der Waals surface area contributed by atoms with Crippen molar-refractivity contribution in [1.29, 1.82) is 0 Å². The quantitative estimate of drug-likeness (QED) is 0.564. The van der Waals surface area contributed by atoms with Crippen LogP contribution in [0.2, 0.25) is 0 Å². The van der Waals surface area contributed by atoms with Crippen LogP contribution >= 0.6 is 11.3 Å². The van der Waals surface area contributed by atoms with Gasteiger partial charge in [0.25, 0.3) is 0 Å². The van der Waals surface area contributed by atoms with Gasteiger partial charge in [-0.2, -0.15) is 0 Å². The molecular weight excluding hydrogens is 118 g/mol. The summed E-state index contributed by atoms with van der Waals surface area (Å²) in [6, 6.07) is 0. The monoisotopic (exact) mass is 127 g/mol. The Balaban J connectivity index is 2.77. The van der Waals surface area contributed by atoms with Crippen LogP contribution in [-0.4, -0.2) is 4.98 Å². The first-order valence-corrected chi connectivity index (χ1v) is 3.58. The molecule has 0 saturated heterocycles. The third-order valence-corrected chi connectivity index (χ3v) is 2.02. The molecule has 1 nitrogen and oxygen atoms in total. The van der Waals surface area contributed by atoms with E-state index in [9.17, 15) is 0 Å².